The minimum Gasteiger partial charge on any atom is -0.478 e. The minimum absolute atomic E-state index is 0.0317. The van der Waals surface area contributed by atoms with Gasteiger partial charge in [0.2, 0.25) is 0 Å². The highest BCUT2D eigenvalue weighted by Gasteiger charge is 2.54. The Morgan fingerprint density at radius 1 is 1.10 bits per heavy atom. The topological polar surface area (TPSA) is 87.1 Å². The molecule has 1 aliphatic rings. The van der Waals surface area contributed by atoms with E-state index in [1.54, 1.807) is 50.8 Å². The number of halogens is 2. The van der Waals surface area contributed by atoms with Gasteiger partial charge in [-0.2, -0.15) is 0 Å². The number of benzene rings is 1. The van der Waals surface area contributed by atoms with Crippen LogP contribution in [0, 0.1) is 5.92 Å². The SMILES string of the molecule is COCCN1C(C)=C(C(=O)O)C(c2cc(Cl)ccc2Cl)(C(C)C)C(C(=O)O)=C1C. The van der Waals surface area contributed by atoms with E-state index in [1.807, 2.05) is 0 Å². The predicted octanol–water partition coefficient (Wildman–Crippen LogP) is 4.57. The van der Waals surface area contributed by atoms with Gasteiger partial charge in [0.15, 0.2) is 0 Å². The van der Waals surface area contributed by atoms with E-state index < -0.39 is 23.3 Å². The third-order valence-electron chi connectivity index (χ3n) is 5.49. The van der Waals surface area contributed by atoms with Crippen molar-refractivity contribution in [2.75, 3.05) is 20.3 Å². The molecule has 0 aromatic heterocycles. The van der Waals surface area contributed by atoms with Gasteiger partial charge in [-0.05, 0) is 43.5 Å². The Kier molecular flexibility index (Phi) is 7.04. The molecule has 0 spiro atoms. The molecular weight excluding hydrogens is 417 g/mol. The van der Waals surface area contributed by atoms with Crippen LogP contribution < -0.4 is 0 Å². The second-order valence-electron chi connectivity index (χ2n) is 7.26. The highest BCUT2D eigenvalue weighted by atomic mass is 35.5. The van der Waals surface area contributed by atoms with Gasteiger partial charge in [-0.25, -0.2) is 9.59 Å². The van der Waals surface area contributed by atoms with Gasteiger partial charge in [-0.15, -0.1) is 0 Å². The van der Waals surface area contributed by atoms with Gasteiger partial charge in [-0.1, -0.05) is 37.0 Å². The second-order valence-corrected chi connectivity index (χ2v) is 8.11. The van der Waals surface area contributed by atoms with E-state index in [4.69, 9.17) is 27.9 Å². The lowest BCUT2D eigenvalue weighted by Gasteiger charge is -2.47. The van der Waals surface area contributed by atoms with E-state index in [0.717, 1.165) is 0 Å². The number of carboxylic acids is 2. The first-order valence-corrected chi connectivity index (χ1v) is 9.88. The number of aliphatic carboxylic acids is 2. The van der Waals surface area contributed by atoms with Crippen molar-refractivity contribution >= 4 is 35.1 Å². The molecule has 1 aromatic carbocycles. The van der Waals surface area contributed by atoms with E-state index in [-0.39, 0.29) is 16.2 Å². The normalized spacial score (nSPS) is 16.6. The monoisotopic (exact) mass is 441 g/mol. The van der Waals surface area contributed by atoms with Crippen LogP contribution in [0.5, 0.6) is 0 Å². The first-order chi connectivity index (χ1) is 13.5. The summed E-state index contributed by atoms with van der Waals surface area (Å²) in [5.74, 6) is -2.85. The molecule has 6 nitrogen and oxygen atoms in total. The standard InChI is InChI=1S/C21H25Cl2NO5/c1-11(2)21(15-10-14(22)6-7-16(15)23)17(19(25)26)12(3)24(8-9-29-5)13(4)18(21)20(27)28/h6-7,10-11H,8-9H2,1-5H3,(H,25,26)(H,27,28). The van der Waals surface area contributed by atoms with Gasteiger partial charge in [0, 0.05) is 35.1 Å². The number of nitrogens with zero attached hydrogens (tertiary/aromatic N) is 1. The molecule has 0 saturated heterocycles. The Labute approximate surface area is 180 Å². The van der Waals surface area contributed by atoms with Crippen LogP contribution >= 0.6 is 23.2 Å². The molecule has 0 aliphatic carbocycles. The van der Waals surface area contributed by atoms with Gasteiger partial charge in [-0.3, -0.25) is 0 Å². The summed E-state index contributed by atoms with van der Waals surface area (Å²) in [6, 6.07) is 4.70. The molecule has 1 aliphatic heterocycles. The number of carbonyl (C=O) groups is 2. The Morgan fingerprint density at radius 2 is 1.62 bits per heavy atom. The second kappa shape index (κ2) is 8.78. The van der Waals surface area contributed by atoms with Crippen LogP contribution in [0.1, 0.15) is 33.3 Å². The molecule has 0 fully saturated rings. The molecule has 158 valence electrons. The lowest BCUT2D eigenvalue weighted by atomic mass is 9.59. The average molecular weight is 442 g/mol. The zero-order valence-corrected chi connectivity index (χ0v) is 18.6. The van der Waals surface area contributed by atoms with Crippen molar-refractivity contribution in [3.63, 3.8) is 0 Å². The first-order valence-electron chi connectivity index (χ1n) is 9.13. The maximum atomic E-state index is 12.5. The van der Waals surface area contributed by atoms with E-state index in [0.29, 0.717) is 35.1 Å². The third kappa shape index (κ3) is 3.77. The van der Waals surface area contributed by atoms with Crippen LogP contribution in [-0.2, 0) is 19.7 Å². The molecular formula is C21H25Cl2NO5. The van der Waals surface area contributed by atoms with Gasteiger partial charge in [0.25, 0.3) is 0 Å². The van der Waals surface area contributed by atoms with Crippen molar-refractivity contribution in [1.82, 2.24) is 4.90 Å². The zero-order valence-electron chi connectivity index (χ0n) is 17.0. The quantitative estimate of drug-likeness (QED) is 0.644. The summed E-state index contributed by atoms with van der Waals surface area (Å²) in [6.45, 7) is 7.55. The summed E-state index contributed by atoms with van der Waals surface area (Å²) in [5.41, 5.74) is -0.297. The maximum Gasteiger partial charge on any atom is 0.334 e. The third-order valence-corrected chi connectivity index (χ3v) is 6.05. The number of carboxylic acid groups (broad SMARTS) is 2. The Hall–Kier alpha value is -2.02. The highest BCUT2D eigenvalue weighted by Crippen LogP contribution is 2.53. The van der Waals surface area contributed by atoms with Gasteiger partial charge in [0.1, 0.15) is 0 Å². The van der Waals surface area contributed by atoms with Crippen LogP contribution in [0.15, 0.2) is 40.7 Å². The zero-order chi connectivity index (χ0) is 22.1. The molecule has 8 heteroatoms. The largest absolute Gasteiger partial charge is 0.478 e. The summed E-state index contributed by atoms with van der Waals surface area (Å²) in [6.07, 6.45) is 0. The molecule has 0 bridgehead atoms. The van der Waals surface area contributed by atoms with Crippen LogP contribution in [0.4, 0.5) is 0 Å². The molecule has 1 heterocycles. The van der Waals surface area contributed by atoms with Crippen molar-refractivity contribution in [2.45, 2.75) is 33.1 Å². The Balaban J connectivity index is 3.06. The van der Waals surface area contributed by atoms with Gasteiger partial charge in [0.05, 0.1) is 23.2 Å². The number of rotatable bonds is 7. The summed E-state index contributed by atoms with van der Waals surface area (Å²) in [5, 5.41) is 21.1. The number of allylic oxidation sites excluding steroid dienone is 2. The van der Waals surface area contributed by atoms with E-state index in [1.165, 1.54) is 7.11 Å². The molecule has 0 radical (unpaired) electrons. The van der Waals surface area contributed by atoms with Crippen LogP contribution in [-0.4, -0.2) is 47.3 Å². The molecule has 29 heavy (non-hydrogen) atoms. The fourth-order valence-electron chi connectivity index (χ4n) is 4.34. The number of ether oxygens (including phenoxy) is 1. The summed E-state index contributed by atoms with van der Waals surface area (Å²) < 4.78 is 5.13. The van der Waals surface area contributed by atoms with E-state index >= 15 is 0 Å². The van der Waals surface area contributed by atoms with Crippen molar-refractivity contribution in [1.29, 1.82) is 0 Å². The summed E-state index contributed by atoms with van der Waals surface area (Å²) in [7, 11) is 1.53. The fraction of sp³-hybridized carbons (Fsp3) is 0.429. The summed E-state index contributed by atoms with van der Waals surface area (Å²) >= 11 is 12.7. The molecule has 2 N–H and O–H groups in total. The fourth-order valence-corrected chi connectivity index (χ4v) is 4.78. The molecule has 1 aromatic rings. The lowest BCUT2D eigenvalue weighted by Crippen LogP contribution is -2.49. The first kappa shape index (κ1) is 23.3. The number of hydrogen-bond acceptors (Lipinski definition) is 4. The van der Waals surface area contributed by atoms with Crippen LogP contribution in [0.3, 0.4) is 0 Å². The molecule has 0 unspecified atom stereocenters. The highest BCUT2D eigenvalue weighted by molar-refractivity contribution is 6.34. The Morgan fingerprint density at radius 3 is 2.03 bits per heavy atom. The molecule has 2 rings (SSSR count). The van der Waals surface area contributed by atoms with Crippen molar-refractivity contribution in [3.8, 4) is 0 Å². The average Bonchev–Trinajstić information content (AvgIpc) is 2.61. The Bertz CT molecular complexity index is 866. The van der Waals surface area contributed by atoms with Crippen molar-refractivity contribution in [2.24, 2.45) is 5.92 Å². The predicted molar refractivity (Wildman–Crippen MR) is 112 cm³/mol. The van der Waals surface area contributed by atoms with Crippen molar-refractivity contribution in [3.05, 3.63) is 56.3 Å². The summed E-state index contributed by atoms with van der Waals surface area (Å²) in [4.78, 5) is 26.8. The van der Waals surface area contributed by atoms with E-state index in [9.17, 15) is 19.8 Å². The molecule has 0 amide bonds. The van der Waals surface area contributed by atoms with Crippen LogP contribution in [0.2, 0.25) is 10.0 Å². The number of hydrogen-bond donors (Lipinski definition) is 2. The van der Waals surface area contributed by atoms with Gasteiger partial charge < -0.3 is 19.8 Å². The molecule has 0 atom stereocenters. The lowest BCUT2D eigenvalue weighted by molar-refractivity contribution is -0.135. The number of methoxy groups -OCH3 is 1. The van der Waals surface area contributed by atoms with Crippen molar-refractivity contribution < 1.29 is 24.5 Å². The van der Waals surface area contributed by atoms with Gasteiger partial charge >= 0.3 is 11.9 Å². The van der Waals surface area contributed by atoms with Crippen LogP contribution in [0.25, 0.3) is 0 Å². The molecule has 0 saturated carbocycles. The smallest absolute Gasteiger partial charge is 0.334 e. The van der Waals surface area contributed by atoms with E-state index in [2.05, 4.69) is 0 Å². The minimum atomic E-state index is -1.49. The maximum absolute atomic E-state index is 12.5.